The number of carbonyl (C=O) groups is 1. The van der Waals surface area contributed by atoms with E-state index in [1.165, 1.54) is 0 Å². The topological polar surface area (TPSA) is 80.5 Å². The van der Waals surface area contributed by atoms with Crippen LogP contribution in [0.3, 0.4) is 0 Å². The second kappa shape index (κ2) is 10.6. The third-order valence-electron chi connectivity index (χ3n) is 3.01. The summed E-state index contributed by atoms with van der Waals surface area (Å²) >= 11 is 0. The minimum Gasteiger partial charge on any atom is -0.378 e. The summed E-state index contributed by atoms with van der Waals surface area (Å²) in [4.78, 5) is 18.6. The summed E-state index contributed by atoms with van der Waals surface area (Å²) in [6.07, 6.45) is 2.49. The van der Waals surface area contributed by atoms with Crippen LogP contribution in [0.1, 0.15) is 16.8 Å². The number of carbonyl (C=O) groups excluding carboxylic acids is 1. The van der Waals surface area contributed by atoms with E-state index in [2.05, 4.69) is 15.2 Å². The zero-order valence-electron chi connectivity index (χ0n) is 11.8. The molecule has 0 bridgehead atoms. The minimum atomic E-state index is -0.0944. The van der Waals surface area contributed by atoms with Crippen molar-refractivity contribution in [2.24, 2.45) is 5.73 Å². The summed E-state index contributed by atoms with van der Waals surface area (Å²) in [5, 5.41) is 2.86. The van der Waals surface area contributed by atoms with Crippen LogP contribution in [0, 0.1) is 0 Å². The molecule has 0 saturated carbocycles. The predicted octanol–water partition coefficient (Wildman–Crippen LogP) is 0.840. The Bertz CT molecular complexity index is 428. The van der Waals surface area contributed by atoms with E-state index in [1.807, 2.05) is 0 Å². The average Bonchev–Trinajstić information content (AvgIpc) is 2.48. The first-order valence-electron chi connectivity index (χ1n) is 6.59. The van der Waals surface area contributed by atoms with Crippen LogP contribution in [0.4, 0.5) is 5.82 Å². The van der Waals surface area contributed by atoms with E-state index in [0.717, 1.165) is 25.3 Å². The van der Waals surface area contributed by atoms with E-state index in [4.69, 9.17) is 10.5 Å². The Balaban J connectivity index is 0.00000200. The number of aromatic nitrogens is 1. The van der Waals surface area contributed by atoms with E-state index in [-0.39, 0.29) is 30.7 Å². The van der Waals surface area contributed by atoms with Crippen molar-refractivity contribution in [3.05, 3.63) is 23.9 Å². The molecule has 0 atom stereocenters. The van der Waals surface area contributed by atoms with Crippen molar-refractivity contribution in [2.75, 3.05) is 44.3 Å². The predicted molar refractivity (Wildman–Crippen MR) is 87.8 cm³/mol. The lowest BCUT2D eigenvalue weighted by atomic mass is 10.2. The number of morpholine rings is 1. The molecule has 120 valence electrons. The van der Waals surface area contributed by atoms with Crippen LogP contribution in [0.5, 0.6) is 0 Å². The van der Waals surface area contributed by atoms with Gasteiger partial charge in [0.1, 0.15) is 5.82 Å². The quantitative estimate of drug-likeness (QED) is 0.779. The summed E-state index contributed by atoms with van der Waals surface area (Å²) in [6, 6.07) is 3.58. The van der Waals surface area contributed by atoms with Crippen molar-refractivity contribution >= 4 is 36.5 Å². The number of nitrogens with one attached hydrogen (secondary N) is 1. The van der Waals surface area contributed by atoms with Crippen LogP contribution in [0.15, 0.2) is 18.3 Å². The molecule has 3 N–H and O–H groups in total. The molecule has 1 aromatic heterocycles. The number of anilines is 1. The highest BCUT2D eigenvalue weighted by Gasteiger charge is 2.19. The fourth-order valence-electron chi connectivity index (χ4n) is 2.00. The maximum Gasteiger partial charge on any atom is 0.255 e. The summed E-state index contributed by atoms with van der Waals surface area (Å²) in [5.41, 5.74) is 6.03. The van der Waals surface area contributed by atoms with Crippen molar-refractivity contribution in [1.82, 2.24) is 10.3 Å². The molecule has 1 aliphatic heterocycles. The molecule has 1 amide bonds. The lowest BCUT2D eigenvalue weighted by Gasteiger charge is -2.29. The van der Waals surface area contributed by atoms with Crippen molar-refractivity contribution in [1.29, 1.82) is 0 Å². The fraction of sp³-hybridized carbons (Fsp3) is 0.538. The summed E-state index contributed by atoms with van der Waals surface area (Å²) in [7, 11) is 0. The third kappa shape index (κ3) is 5.67. The maximum atomic E-state index is 12.1. The second-order valence-corrected chi connectivity index (χ2v) is 4.37. The average molecular weight is 337 g/mol. The highest BCUT2D eigenvalue weighted by molar-refractivity contribution is 5.98. The molecule has 0 spiro atoms. The van der Waals surface area contributed by atoms with Gasteiger partial charge in [-0.05, 0) is 25.1 Å². The molecule has 21 heavy (non-hydrogen) atoms. The highest BCUT2D eigenvalue weighted by Crippen LogP contribution is 2.18. The first-order chi connectivity index (χ1) is 9.33. The summed E-state index contributed by atoms with van der Waals surface area (Å²) in [5.74, 6) is 0.638. The molecule has 1 saturated heterocycles. The molecular weight excluding hydrogens is 315 g/mol. The standard InChI is InChI=1S/C13H20N4O2.2ClH/c14-4-2-6-16-13(18)11-3-1-5-15-12(11)17-7-9-19-10-8-17;;/h1,3,5H,2,4,6-10,14H2,(H,16,18);2*1H. The molecule has 0 radical (unpaired) electrons. The third-order valence-corrected chi connectivity index (χ3v) is 3.01. The first-order valence-corrected chi connectivity index (χ1v) is 6.59. The van der Waals surface area contributed by atoms with Gasteiger partial charge in [-0.1, -0.05) is 0 Å². The Morgan fingerprint density at radius 1 is 1.38 bits per heavy atom. The van der Waals surface area contributed by atoms with Gasteiger partial charge in [0.05, 0.1) is 18.8 Å². The van der Waals surface area contributed by atoms with Gasteiger partial charge in [-0.2, -0.15) is 0 Å². The molecule has 2 rings (SSSR count). The smallest absolute Gasteiger partial charge is 0.255 e. The molecule has 1 aliphatic rings. The minimum absolute atomic E-state index is 0. The van der Waals surface area contributed by atoms with Crippen molar-refractivity contribution in [3.8, 4) is 0 Å². The molecule has 8 heteroatoms. The van der Waals surface area contributed by atoms with Gasteiger partial charge < -0.3 is 20.7 Å². The van der Waals surface area contributed by atoms with Gasteiger partial charge >= 0.3 is 0 Å². The van der Waals surface area contributed by atoms with Crippen molar-refractivity contribution in [2.45, 2.75) is 6.42 Å². The molecule has 0 aliphatic carbocycles. The number of hydrogen-bond donors (Lipinski definition) is 2. The lowest BCUT2D eigenvalue weighted by molar-refractivity contribution is 0.0951. The van der Waals surface area contributed by atoms with Gasteiger partial charge in [-0.15, -0.1) is 24.8 Å². The van der Waals surface area contributed by atoms with Crippen molar-refractivity contribution < 1.29 is 9.53 Å². The zero-order chi connectivity index (χ0) is 13.5. The van der Waals surface area contributed by atoms with E-state index < -0.39 is 0 Å². The van der Waals surface area contributed by atoms with E-state index in [1.54, 1.807) is 18.3 Å². The normalized spacial score (nSPS) is 13.9. The fourth-order valence-corrected chi connectivity index (χ4v) is 2.00. The number of rotatable bonds is 5. The van der Waals surface area contributed by atoms with Crippen LogP contribution in [-0.2, 0) is 4.74 Å². The molecule has 1 aromatic rings. The molecule has 6 nitrogen and oxygen atoms in total. The highest BCUT2D eigenvalue weighted by atomic mass is 35.5. The van der Waals surface area contributed by atoms with Gasteiger partial charge in [-0.25, -0.2) is 4.98 Å². The van der Waals surface area contributed by atoms with Gasteiger partial charge in [0.2, 0.25) is 0 Å². The van der Waals surface area contributed by atoms with Crippen LogP contribution in [0.25, 0.3) is 0 Å². The van der Waals surface area contributed by atoms with Gasteiger partial charge in [0.25, 0.3) is 5.91 Å². The van der Waals surface area contributed by atoms with Gasteiger partial charge in [0.15, 0.2) is 0 Å². The van der Waals surface area contributed by atoms with Gasteiger partial charge in [-0.3, -0.25) is 4.79 Å². The number of halogens is 2. The Morgan fingerprint density at radius 3 is 2.76 bits per heavy atom. The maximum absolute atomic E-state index is 12.1. The zero-order valence-corrected chi connectivity index (χ0v) is 13.4. The number of nitrogens with zero attached hydrogens (tertiary/aromatic N) is 2. The molecule has 0 unspecified atom stereocenters. The molecule has 2 heterocycles. The van der Waals surface area contributed by atoms with E-state index in [0.29, 0.717) is 31.9 Å². The Labute approximate surface area is 137 Å². The Hall–Kier alpha value is -1.08. The second-order valence-electron chi connectivity index (χ2n) is 4.37. The van der Waals surface area contributed by atoms with Gasteiger partial charge in [0, 0.05) is 25.8 Å². The number of nitrogens with two attached hydrogens (primary N) is 1. The molecule has 0 aromatic carbocycles. The first kappa shape index (κ1) is 19.9. The number of ether oxygens (including phenoxy) is 1. The summed E-state index contributed by atoms with van der Waals surface area (Å²) < 4.78 is 5.32. The van der Waals surface area contributed by atoms with Crippen LogP contribution in [-0.4, -0.2) is 50.3 Å². The Kier molecular flexibility index (Phi) is 10.1. The van der Waals surface area contributed by atoms with Crippen LogP contribution < -0.4 is 16.0 Å². The number of amides is 1. The molecular formula is C13H22Cl2N4O2. The number of hydrogen-bond acceptors (Lipinski definition) is 5. The Morgan fingerprint density at radius 2 is 2.10 bits per heavy atom. The largest absolute Gasteiger partial charge is 0.378 e. The van der Waals surface area contributed by atoms with Crippen molar-refractivity contribution in [3.63, 3.8) is 0 Å². The molecule has 1 fully saturated rings. The monoisotopic (exact) mass is 336 g/mol. The van der Waals surface area contributed by atoms with E-state index in [9.17, 15) is 4.79 Å². The van der Waals surface area contributed by atoms with Crippen LogP contribution >= 0.6 is 24.8 Å². The van der Waals surface area contributed by atoms with E-state index >= 15 is 0 Å². The SMILES string of the molecule is Cl.Cl.NCCCNC(=O)c1cccnc1N1CCOCC1. The number of pyridine rings is 1. The summed E-state index contributed by atoms with van der Waals surface area (Å²) in [6.45, 7) is 4.03. The lowest BCUT2D eigenvalue weighted by Crippen LogP contribution is -2.38. The van der Waals surface area contributed by atoms with Crippen LogP contribution in [0.2, 0.25) is 0 Å².